The van der Waals surface area contributed by atoms with Gasteiger partial charge in [-0.05, 0) is 42.0 Å². The largest absolute Gasteiger partial charge is 0.497 e. The Morgan fingerprint density at radius 1 is 1.32 bits per heavy atom. The smallest absolute Gasteiger partial charge is 0.303 e. The molecule has 1 saturated heterocycles. The third kappa shape index (κ3) is 3.88. The van der Waals surface area contributed by atoms with Gasteiger partial charge in [0, 0.05) is 13.0 Å². The summed E-state index contributed by atoms with van der Waals surface area (Å²) in [6, 6.07) is 7.11. The summed E-state index contributed by atoms with van der Waals surface area (Å²) in [7, 11) is 1.57. The Hall–Kier alpha value is -2.28. The topological polar surface area (TPSA) is 83.9 Å². The van der Waals surface area contributed by atoms with E-state index in [1.54, 1.807) is 37.5 Å². The van der Waals surface area contributed by atoms with Crippen LogP contribution in [0.3, 0.4) is 0 Å². The standard InChI is InChI=1S/C15H15NO5S/c1-21-11-6-4-10(5-7-11)9-12-14(19)16(15(20)22-12)8-2-3-13(17)18/h4-7,9H,2-3,8H2,1H3,(H,17,18). The van der Waals surface area contributed by atoms with Crippen molar-refractivity contribution in [2.45, 2.75) is 12.8 Å². The van der Waals surface area contributed by atoms with E-state index in [0.29, 0.717) is 10.7 Å². The highest BCUT2D eigenvalue weighted by Crippen LogP contribution is 2.32. The minimum Gasteiger partial charge on any atom is -0.497 e. The maximum absolute atomic E-state index is 12.2. The van der Waals surface area contributed by atoms with Crippen LogP contribution in [0, 0.1) is 0 Å². The molecule has 0 bridgehead atoms. The van der Waals surface area contributed by atoms with Crippen molar-refractivity contribution in [3.8, 4) is 5.75 Å². The summed E-state index contributed by atoms with van der Waals surface area (Å²) in [5.41, 5.74) is 0.789. The van der Waals surface area contributed by atoms with E-state index in [1.165, 1.54) is 0 Å². The molecule has 1 N–H and O–H groups in total. The molecule has 1 aromatic carbocycles. The fourth-order valence-electron chi connectivity index (χ4n) is 1.93. The number of nitrogens with zero attached hydrogens (tertiary/aromatic N) is 1. The summed E-state index contributed by atoms with van der Waals surface area (Å²) >= 11 is 0.865. The lowest BCUT2D eigenvalue weighted by Gasteiger charge is -2.10. The molecule has 2 amide bonds. The molecular weight excluding hydrogens is 306 g/mol. The van der Waals surface area contributed by atoms with E-state index in [9.17, 15) is 14.4 Å². The molecule has 1 fully saturated rings. The molecule has 0 atom stereocenters. The number of carbonyl (C=O) groups is 3. The fraction of sp³-hybridized carbons (Fsp3) is 0.267. The van der Waals surface area contributed by atoms with E-state index in [0.717, 1.165) is 22.2 Å². The predicted molar refractivity (Wildman–Crippen MR) is 82.5 cm³/mol. The number of carboxylic acid groups (broad SMARTS) is 1. The van der Waals surface area contributed by atoms with Crippen LogP contribution in [0.2, 0.25) is 0 Å². The third-order valence-electron chi connectivity index (χ3n) is 3.06. The van der Waals surface area contributed by atoms with Crippen molar-refractivity contribution in [3.05, 3.63) is 34.7 Å². The van der Waals surface area contributed by atoms with Gasteiger partial charge in [0.15, 0.2) is 0 Å². The van der Waals surface area contributed by atoms with Crippen molar-refractivity contribution in [2.24, 2.45) is 0 Å². The Morgan fingerprint density at radius 3 is 2.59 bits per heavy atom. The van der Waals surface area contributed by atoms with E-state index in [2.05, 4.69) is 0 Å². The number of thioether (sulfide) groups is 1. The molecule has 0 aliphatic carbocycles. The number of ether oxygens (including phenoxy) is 1. The van der Waals surface area contributed by atoms with Gasteiger partial charge in [0.05, 0.1) is 12.0 Å². The van der Waals surface area contributed by atoms with Crippen molar-refractivity contribution in [3.63, 3.8) is 0 Å². The monoisotopic (exact) mass is 321 g/mol. The van der Waals surface area contributed by atoms with Crippen LogP contribution >= 0.6 is 11.8 Å². The number of amides is 2. The van der Waals surface area contributed by atoms with Crippen LogP contribution in [-0.2, 0) is 9.59 Å². The van der Waals surface area contributed by atoms with Crippen LogP contribution in [-0.4, -0.2) is 40.8 Å². The molecule has 0 spiro atoms. The molecule has 0 unspecified atom stereocenters. The van der Waals surface area contributed by atoms with Crippen LogP contribution in [0.5, 0.6) is 5.75 Å². The van der Waals surface area contributed by atoms with Gasteiger partial charge in [-0.15, -0.1) is 0 Å². The number of rotatable bonds is 6. The van der Waals surface area contributed by atoms with Crippen LogP contribution < -0.4 is 4.74 Å². The van der Waals surface area contributed by atoms with Gasteiger partial charge in [-0.1, -0.05) is 12.1 Å². The van der Waals surface area contributed by atoms with E-state index in [1.807, 2.05) is 0 Å². The molecule has 1 aliphatic rings. The SMILES string of the molecule is COc1ccc(C=C2SC(=O)N(CCCC(=O)O)C2=O)cc1. The van der Waals surface area contributed by atoms with Crippen LogP contribution in [0.4, 0.5) is 4.79 Å². The molecular formula is C15H15NO5S. The average Bonchev–Trinajstić information content (AvgIpc) is 2.75. The van der Waals surface area contributed by atoms with Gasteiger partial charge in [-0.25, -0.2) is 0 Å². The fourth-order valence-corrected chi connectivity index (χ4v) is 2.80. The number of aliphatic carboxylic acids is 1. The van der Waals surface area contributed by atoms with E-state index < -0.39 is 5.97 Å². The van der Waals surface area contributed by atoms with Gasteiger partial charge in [-0.3, -0.25) is 19.3 Å². The lowest BCUT2D eigenvalue weighted by Crippen LogP contribution is -2.29. The Morgan fingerprint density at radius 2 is 2.00 bits per heavy atom. The summed E-state index contributed by atoms with van der Waals surface area (Å²) in [5.74, 6) is -0.615. The summed E-state index contributed by atoms with van der Waals surface area (Å²) in [4.78, 5) is 35.9. The summed E-state index contributed by atoms with van der Waals surface area (Å²) in [6.07, 6.45) is 1.82. The lowest BCUT2D eigenvalue weighted by atomic mass is 10.2. The normalized spacial score (nSPS) is 16.4. The zero-order valence-electron chi connectivity index (χ0n) is 11.9. The Balaban J connectivity index is 2.06. The van der Waals surface area contributed by atoms with Crippen LogP contribution in [0.25, 0.3) is 6.08 Å². The van der Waals surface area contributed by atoms with Gasteiger partial charge < -0.3 is 9.84 Å². The molecule has 22 heavy (non-hydrogen) atoms. The molecule has 0 saturated carbocycles. The molecule has 2 rings (SSSR count). The minimum atomic E-state index is -0.944. The predicted octanol–water partition coefficient (Wildman–Crippen LogP) is 2.60. The summed E-state index contributed by atoms with van der Waals surface area (Å²) in [6.45, 7) is 0.122. The lowest BCUT2D eigenvalue weighted by molar-refractivity contribution is -0.137. The van der Waals surface area contributed by atoms with Gasteiger partial charge in [0.25, 0.3) is 11.1 Å². The number of benzene rings is 1. The maximum atomic E-state index is 12.2. The molecule has 116 valence electrons. The zero-order valence-corrected chi connectivity index (χ0v) is 12.8. The quantitative estimate of drug-likeness (QED) is 0.811. The Bertz CT molecular complexity index is 623. The molecule has 0 radical (unpaired) electrons. The van der Waals surface area contributed by atoms with Gasteiger partial charge in [-0.2, -0.15) is 0 Å². The number of hydrogen-bond donors (Lipinski definition) is 1. The number of carboxylic acids is 1. The summed E-state index contributed by atoms with van der Waals surface area (Å²) < 4.78 is 5.05. The van der Waals surface area contributed by atoms with Crippen LogP contribution in [0.1, 0.15) is 18.4 Å². The molecule has 1 heterocycles. The van der Waals surface area contributed by atoms with Crippen molar-refractivity contribution in [1.82, 2.24) is 4.90 Å². The number of imide groups is 1. The van der Waals surface area contributed by atoms with Gasteiger partial charge in [0.2, 0.25) is 0 Å². The zero-order chi connectivity index (χ0) is 16.1. The highest BCUT2D eigenvalue weighted by Gasteiger charge is 2.34. The Labute approximate surface area is 131 Å². The highest BCUT2D eigenvalue weighted by atomic mass is 32.2. The molecule has 1 aromatic rings. The first kappa shape index (κ1) is 16.1. The summed E-state index contributed by atoms with van der Waals surface area (Å²) in [5, 5.41) is 8.23. The van der Waals surface area contributed by atoms with Crippen molar-refractivity contribution in [2.75, 3.05) is 13.7 Å². The van der Waals surface area contributed by atoms with E-state index >= 15 is 0 Å². The van der Waals surface area contributed by atoms with Crippen molar-refractivity contribution >= 4 is 35.0 Å². The van der Waals surface area contributed by atoms with E-state index in [4.69, 9.17) is 9.84 Å². The third-order valence-corrected chi connectivity index (χ3v) is 3.97. The molecule has 6 nitrogen and oxygen atoms in total. The second-order valence-electron chi connectivity index (χ2n) is 4.60. The number of hydrogen-bond acceptors (Lipinski definition) is 5. The van der Waals surface area contributed by atoms with Crippen LogP contribution in [0.15, 0.2) is 29.2 Å². The first-order valence-electron chi connectivity index (χ1n) is 6.62. The maximum Gasteiger partial charge on any atom is 0.303 e. The molecule has 7 heteroatoms. The average molecular weight is 321 g/mol. The second-order valence-corrected chi connectivity index (χ2v) is 5.60. The first-order chi connectivity index (χ1) is 10.5. The molecule has 0 aromatic heterocycles. The van der Waals surface area contributed by atoms with E-state index in [-0.39, 0.29) is 30.5 Å². The minimum absolute atomic E-state index is 0.0702. The number of carbonyl (C=O) groups excluding carboxylic acids is 2. The van der Waals surface area contributed by atoms with Gasteiger partial charge >= 0.3 is 5.97 Å². The van der Waals surface area contributed by atoms with Crippen molar-refractivity contribution < 1.29 is 24.2 Å². The van der Waals surface area contributed by atoms with Crippen molar-refractivity contribution in [1.29, 1.82) is 0 Å². The number of methoxy groups -OCH3 is 1. The van der Waals surface area contributed by atoms with Gasteiger partial charge in [0.1, 0.15) is 5.75 Å². The Kier molecular flexibility index (Phi) is 5.21. The molecule has 1 aliphatic heterocycles. The highest BCUT2D eigenvalue weighted by molar-refractivity contribution is 8.18. The second kappa shape index (κ2) is 7.13. The first-order valence-corrected chi connectivity index (χ1v) is 7.44.